The number of fused-ring (bicyclic) bond motifs is 1. The van der Waals surface area contributed by atoms with Gasteiger partial charge in [0.1, 0.15) is 5.69 Å². The summed E-state index contributed by atoms with van der Waals surface area (Å²) in [5.41, 5.74) is 5.54. The molecule has 2 saturated heterocycles. The van der Waals surface area contributed by atoms with Crippen molar-refractivity contribution in [2.75, 3.05) is 29.9 Å². The number of H-pyrrole nitrogens is 1. The summed E-state index contributed by atoms with van der Waals surface area (Å²) in [6, 6.07) is 25.2. The Morgan fingerprint density at radius 2 is 1.66 bits per heavy atom. The second kappa shape index (κ2) is 15.7. The van der Waals surface area contributed by atoms with Crippen LogP contribution >= 0.6 is 34.8 Å². The summed E-state index contributed by atoms with van der Waals surface area (Å²) < 4.78 is 2.00. The van der Waals surface area contributed by atoms with Gasteiger partial charge in [-0.25, -0.2) is 9.78 Å². The maximum Gasteiger partial charge on any atom is 0.335 e. The predicted octanol–water partition coefficient (Wildman–Crippen LogP) is 10.2. The minimum absolute atomic E-state index is 0.0413. The summed E-state index contributed by atoms with van der Waals surface area (Å²) in [4.78, 5) is 52.2. The van der Waals surface area contributed by atoms with Crippen molar-refractivity contribution in [1.82, 2.24) is 19.4 Å². The molecule has 2 amide bonds. The van der Waals surface area contributed by atoms with Gasteiger partial charge in [-0.05, 0) is 80.6 Å². The molecule has 0 radical (unpaired) electrons. The molecule has 286 valence electrons. The molecule has 2 aromatic heterocycles. The fourth-order valence-electron chi connectivity index (χ4n) is 8.15. The van der Waals surface area contributed by atoms with E-state index in [4.69, 9.17) is 39.8 Å². The molecule has 0 aliphatic carbocycles. The summed E-state index contributed by atoms with van der Waals surface area (Å²) >= 11 is 19.6. The molecule has 56 heavy (non-hydrogen) atoms. The number of carboxylic acids is 1. The third-order valence-corrected chi connectivity index (χ3v) is 11.8. The number of hydrogen-bond donors (Lipinski definition) is 3. The lowest BCUT2D eigenvalue weighted by Gasteiger charge is -2.41. The van der Waals surface area contributed by atoms with Gasteiger partial charge in [-0.15, -0.1) is 0 Å². The van der Waals surface area contributed by atoms with Crippen LogP contribution in [0.25, 0.3) is 33.4 Å². The number of amides is 2. The van der Waals surface area contributed by atoms with Crippen LogP contribution in [0.2, 0.25) is 15.1 Å². The van der Waals surface area contributed by atoms with Gasteiger partial charge in [0.05, 0.1) is 40.7 Å². The van der Waals surface area contributed by atoms with E-state index in [0.29, 0.717) is 68.4 Å². The first-order valence-electron chi connectivity index (χ1n) is 18.7. The average Bonchev–Trinajstić information content (AvgIpc) is 3.80. The van der Waals surface area contributed by atoms with E-state index in [0.717, 1.165) is 48.7 Å². The largest absolute Gasteiger partial charge is 0.478 e. The zero-order chi connectivity index (χ0) is 39.1. The highest BCUT2D eigenvalue weighted by atomic mass is 35.5. The van der Waals surface area contributed by atoms with Crippen molar-refractivity contribution in [1.29, 1.82) is 0 Å². The fraction of sp³-hybridized carbons (Fsp3) is 0.256. The molecule has 0 spiro atoms. The molecule has 1 atom stereocenters. The number of aromatic carboxylic acids is 1. The Morgan fingerprint density at radius 1 is 0.911 bits per heavy atom. The molecule has 8 rings (SSSR count). The number of carboxylic acid groups (broad SMARTS) is 1. The van der Waals surface area contributed by atoms with Crippen molar-refractivity contribution in [3.05, 3.63) is 123 Å². The number of anilines is 2. The van der Waals surface area contributed by atoms with Crippen LogP contribution in [0.15, 0.2) is 91.3 Å². The van der Waals surface area contributed by atoms with Gasteiger partial charge < -0.3 is 29.8 Å². The number of aromatic nitrogens is 3. The molecule has 0 saturated carbocycles. The Kier molecular flexibility index (Phi) is 10.5. The number of hydrogen-bond acceptors (Lipinski definition) is 5. The SMILES string of the molecule is C[C@@H](c1ccc(Cl)cc1Cl)n1cnc(-c2ccccc2)c1-c1c(C(=O)Nc2cc(C(=O)O)ccc2N2CCC(N3CCCCC3=O)CC2)[nH]c2cc(Cl)ccc12. The van der Waals surface area contributed by atoms with Crippen LogP contribution in [-0.4, -0.2) is 68.0 Å². The Labute approximate surface area is 339 Å². The van der Waals surface area contributed by atoms with Crippen LogP contribution in [0.5, 0.6) is 0 Å². The Bertz CT molecular complexity index is 2470. The van der Waals surface area contributed by atoms with Crippen molar-refractivity contribution >= 4 is 74.9 Å². The van der Waals surface area contributed by atoms with E-state index in [1.54, 1.807) is 42.7 Å². The number of carbonyl (C=O) groups is 3. The van der Waals surface area contributed by atoms with Gasteiger partial charge in [-0.1, -0.05) is 77.3 Å². The van der Waals surface area contributed by atoms with Crippen LogP contribution in [0.4, 0.5) is 11.4 Å². The van der Waals surface area contributed by atoms with Crippen LogP contribution < -0.4 is 10.2 Å². The van der Waals surface area contributed by atoms with Gasteiger partial charge in [0.15, 0.2) is 0 Å². The molecule has 13 heteroatoms. The van der Waals surface area contributed by atoms with Crippen molar-refractivity contribution in [3.8, 4) is 22.5 Å². The van der Waals surface area contributed by atoms with E-state index < -0.39 is 11.9 Å². The highest BCUT2D eigenvalue weighted by Gasteiger charge is 2.32. The first-order valence-corrected chi connectivity index (χ1v) is 19.8. The third-order valence-electron chi connectivity index (χ3n) is 11.0. The standard InChI is InChI=1S/C43H39Cl3N6O4/c1-25(31-13-11-28(44)22-33(31)46)52-24-47-39(26-7-3-2-4-8-26)41(52)38-32-14-12-29(45)23-34(32)48-40(38)42(54)49-35-21-27(43(55)56)10-15-36(35)50-19-16-30(17-20-50)51-18-6-5-9-37(51)53/h2-4,7-8,10-15,21-25,30,48H,5-6,9,16-20H2,1H3,(H,49,54)(H,55,56)/t25-/m0/s1. The molecule has 4 aromatic carbocycles. The fourth-order valence-corrected chi connectivity index (χ4v) is 8.89. The summed E-state index contributed by atoms with van der Waals surface area (Å²) in [6.45, 7) is 4.08. The molecule has 4 heterocycles. The summed E-state index contributed by atoms with van der Waals surface area (Å²) in [7, 11) is 0. The molecule has 6 aromatic rings. The van der Waals surface area contributed by atoms with Gasteiger partial charge in [-0.2, -0.15) is 0 Å². The Balaban J connectivity index is 1.22. The predicted molar refractivity (Wildman–Crippen MR) is 222 cm³/mol. The lowest BCUT2D eigenvalue weighted by atomic mass is 9.98. The van der Waals surface area contributed by atoms with Gasteiger partial charge in [0.2, 0.25) is 5.91 Å². The topological polar surface area (TPSA) is 124 Å². The number of nitrogens with one attached hydrogen (secondary N) is 2. The number of carbonyl (C=O) groups excluding carboxylic acids is 2. The average molecular weight is 810 g/mol. The van der Waals surface area contributed by atoms with Gasteiger partial charge in [0, 0.05) is 69.2 Å². The molecular formula is C43H39Cl3N6O4. The highest BCUT2D eigenvalue weighted by Crippen LogP contribution is 2.43. The maximum absolute atomic E-state index is 14.8. The van der Waals surface area contributed by atoms with Crippen LogP contribution in [-0.2, 0) is 4.79 Å². The Morgan fingerprint density at radius 3 is 2.39 bits per heavy atom. The number of aromatic amines is 1. The zero-order valence-corrected chi connectivity index (χ0v) is 32.8. The molecule has 2 fully saturated rings. The first kappa shape index (κ1) is 37.6. The summed E-state index contributed by atoms with van der Waals surface area (Å²) in [5, 5.41) is 15.3. The smallest absolute Gasteiger partial charge is 0.335 e. The minimum atomic E-state index is -1.11. The molecule has 3 N–H and O–H groups in total. The van der Waals surface area contributed by atoms with E-state index in [2.05, 4.69) is 15.2 Å². The van der Waals surface area contributed by atoms with E-state index in [-0.39, 0.29) is 29.2 Å². The van der Waals surface area contributed by atoms with E-state index in [9.17, 15) is 19.5 Å². The number of piperidine rings is 2. The van der Waals surface area contributed by atoms with Crippen molar-refractivity contribution < 1.29 is 19.5 Å². The van der Waals surface area contributed by atoms with Gasteiger partial charge in [0.25, 0.3) is 5.91 Å². The van der Waals surface area contributed by atoms with Crippen LogP contribution in [0, 0.1) is 0 Å². The van der Waals surface area contributed by atoms with Crippen molar-refractivity contribution in [3.63, 3.8) is 0 Å². The Hall–Kier alpha value is -5.29. The highest BCUT2D eigenvalue weighted by molar-refractivity contribution is 6.35. The second-order valence-corrected chi connectivity index (χ2v) is 15.7. The zero-order valence-electron chi connectivity index (χ0n) is 30.6. The molecule has 0 unspecified atom stereocenters. The molecule has 2 aliphatic heterocycles. The van der Waals surface area contributed by atoms with Crippen LogP contribution in [0.1, 0.15) is 71.5 Å². The number of nitrogens with zero attached hydrogens (tertiary/aromatic N) is 4. The number of likely N-dealkylation sites (tertiary alicyclic amines) is 1. The van der Waals surface area contributed by atoms with Gasteiger partial charge in [-0.3, -0.25) is 9.59 Å². The number of benzene rings is 4. The third kappa shape index (κ3) is 7.24. The number of rotatable bonds is 9. The minimum Gasteiger partial charge on any atom is -0.478 e. The second-order valence-electron chi connectivity index (χ2n) is 14.4. The van der Waals surface area contributed by atoms with Crippen molar-refractivity contribution in [2.24, 2.45) is 0 Å². The lowest BCUT2D eigenvalue weighted by Crippen LogP contribution is -2.49. The van der Waals surface area contributed by atoms with Gasteiger partial charge >= 0.3 is 5.97 Å². The van der Waals surface area contributed by atoms with E-state index >= 15 is 0 Å². The van der Waals surface area contributed by atoms with E-state index in [1.807, 2.05) is 58.9 Å². The number of halogens is 3. The monoisotopic (exact) mass is 808 g/mol. The summed E-state index contributed by atoms with van der Waals surface area (Å²) in [6.07, 6.45) is 5.84. The molecule has 2 aliphatic rings. The molecule has 0 bridgehead atoms. The van der Waals surface area contributed by atoms with E-state index in [1.165, 1.54) is 6.07 Å². The van der Waals surface area contributed by atoms with Crippen LogP contribution in [0.3, 0.4) is 0 Å². The molecular weight excluding hydrogens is 771 g/mol. The first-order chi connectivity index (χ1) is 27.1. The quantitative estimate of drug-likeness (QED) is 0.134. The lowest BCUT2D eigenvalue weighted by molar-refractivity contribution is -0.136. The number of imidazole rings is 1. The summed E-state index contributed by atoms with van der Waals surface area (Å²) in [5.74, 6) is -1.37. The van der Waals surface area contributed by atoms with Crippen molar-refractivity contribution in [2.45, 2.75) is 51.1 Å². The normalized spacial score (nSPS) is 15.7. The molecule has 10 nitrogen and oxygen atoms in total. The maximum atomic E-state index is 14.8.